The van der Waals surface area contributed by atoms with E-state index in [0.29, 0.717) is 0 Å². The van der Waals surface area contributed by atoms with Gasteiger partial charge in [0.05, 0.1) is 0 Å². The summed E-state index contributed by atoms with van der Waals surface area (Å²) in [6.45, 7) is 0. The molecule has 11 heteroatoms. The van der Waals surface area contributed by atoms with E-state index in [9.17, 15) is 34.8 Å². The standard InChI is InChI=1S/C3H2F6O3S.K.H/c4-1(2(5,6)7)3(8,9)13(10,11)12;;/h1H,(H,10,11,12);;. The van der Waals surface area contributed by atoms with E-state index in [0.717, 1.165) is 0 Å². The summed E-state index contributed by atoms with van der Waals surface area (Å²) in [4.78, 5) is 0. The summed E-state index contributed by atoms with van der Waals surface area (Å²) in [7, 11) is -6.41. The van der Waals surface area contributed by atoms with Gasteiger partial charge in [-0.15, -0.1) is 0 Å². The first-order valence-electron chi connectivity index (χ1n) is 2.46. The average Bonchev–Trinajstić information content (AvgIpc) is 1.81. The van der Waals surface area contributed by atoms with Crippen LogP contribution in [0.3, 0.4) is 0 Å². The number of hydrogen-bond donors (Lipinski definition) is 1. The molecule has 82 valence electrons. The van der Waals surface area contributed by atoms with E-state index >= 15 is 0 Å². The van der Waals surface area contributed by atoms with Gasteiger partial charge in [-0.2, -0.15) is 30.4 Å². The summed E-state index contributed by atoms with van der Waals surface area (Å²) in [5, 5.41) is -5.88. The van der Waals surface area contributed by atoms with Gasteiger partial charge in [0.15, 0.2) is 0 Å². The average molecular weight is 272 g/mol. The van der Waals surface area contributed by atoms with Crippen molar-refractivity contribution in [2.75, 3.05) is 0 Å². The van der Waals surface area contributed by atoms with Crippen LogP contribution in [0.5, 0.6) is 0 Å². The summed E-state index contributed by atoms with van der Waals surface area (Å²) in [5.74, 6) is 0. The fraction of sp³-hybridized carbons (Fsp3) is 1.00. The molecule has 3 nitrogen and oxygen atoms in total. The van der Waals surface area contributed by atoms with Gasteiger partial charge < -0.3 is 0 Å². The van der Waals surface area contributed by atoms with E-state index in [1.54, 1.807) is 0 Å². The van der Waals surface area contributed by atoms with Crippen molar-refractivity contribution in [3.8, 4) is 0 Å². The van der Waals surface area contributed by atoms with Crippen LogP contribution < -0.4 is 0 Å². The zero-order valence-electron chi connectivity index (χ0n) is 5.52. The first-order chi connectivity index (χ1) is 5.40. The first-order valence-corrected chi connectivity index (χ1v) is 3.90. The Balaban J connectivity index is 0. The molecule has 0 aromatic heterocycles. The van der Waals surface area contributed by atoms with Crippen LogP contribution in [0.15, 0.2) is 0 Å². The maximum absolute atomic E-state index is 11.9. The first kappa shape index (κ1) is 17.5. The van der Waals surface area contributed by atoms with Crippen LogP contribution in [0.4, 0.5) is 26.3 Å². The van der Waals surface area contributed by atoms with E-state index < -0.39 is 27.7 Å². The molecule has 14 heavy (non-hydrogen) atoms. The van der Waals surface area contributed by atoms with Crippen LogP contribution in [0.25, 0.3) is 0 Å². The Morgan fingerprint density at radius 1 is 1.07 bits per heavy atom. The Kier molecular flexibility index (Phi) is 6.22. The molecule has 0 radical (unpaired) electrons. The fourth-order valence-corrected chi connectivity index (χ4v) is 0.716. The molecule has 0 aromatic carbocycles. The SMILES string of the molecule is O=S(=O)(O)C(F)(F)C(F)C(F)(F)F.[KH]. The number of rotatable bonds is 2. The zero-order valence-corrected chi connectivity index (χ0v) is 6.33. The van der Waals surface area contributed by atoms with Crippen LogP contribution in [-0.2, 0) is 10.1 Å². The molecule has 0 aromatic rings. The molecule has 0 aliphatic heterocycles. The number of hydrogen-bond acceptors (Lipinski definition) is 2. The van der Waals surface area contributed by atoms with Crippen LogP contribution in [0.1, 0.15) is 0 Å². The summed E-state index contributed by atoms with van der Waals surface area (Å²) < 4.78 is 96.1. The van der Waals surface area contributed by atoms with Gasteiger partial charge in [0, 0.05) is 0 Å². The second-order valence-electron chi connectivity index (χ2n) is 1.94. The zero-order chi connectivity index (χ0) is 11.1. The molecule has 0 heterocycles. The van der Waals surface area contributed by atoms with Crippen LogP contribution >= 0.6 is 0 Å². The molecule has 0 fully saturated rings. The van der Waals surface area contributed by atoms with Gasteiger partial charge in [-0.3, -0.25) is 4.55 Å². The molecule has 0 aliphatic rings. The van der Waals surface area contributed by atoms with Crippen molar-refractivity contribution >= 4 is 61.5 Å². The third kappa shape index (κ3) is 3.94. The molecule has 1 N–H and O–H groups in total. The van der Waals surface area contributed by atoms with E-state index in [2.05, 4.69) is 0 Å². The summed E-state index contributed by atoms with van der Waals surface area (Å²) >= 11 is 0. The molecule has 1 unspecified atom stereocenters. The number of alkyl halides is 6. The second kappa shape index (κ2) is 4.97. The van der Waals surface area contributed by atoms with Gasteiger partial charge in [0.1, 0.15) is 0 Å². The van der Waals surface area contributed by atoms with E-state index in [4.69, 9.17) is 4.55 Å². The summed E-state index contributed by atoms with van der Waals surface area (Å²) in [6.07, 6.45) is -11.0. The Hall–Kier alpha value is 1.13. The summed E-state index contributed by atoms with van der Waals surface area (Å²) in [6, 6.07) is 0. The molecule has 0 saturated heterocycles. The Morgan fingerprint density at radius 2 is 1.36 bits per heavy atom. The molecular weight excluding hydrogens is 269 g/mol. The van der Waals surface area contributed by atoms with Crippen molar-refractivity contribution in [2.24, 2.45) is 0 Å². The fourth-order valence-electron chi connectivity index (χ4n) is 0.321. The molecule has 0 spiro atoms. The number of halogens is 6. The molecule has 0 amide bonds. The predicted molar refractivity (Wildman–Crippen MR) is 34.6 cm³/mol. The summed E-state index contributed by atoms with van der Waals surface area (Å²) in [5.41, 5.74) is 0. The second-order valence-corrected chi connectivity index (χ2v) is 3.44. The molecule has 0 rings (SSSR count). The van der Waals surface area contributed by atoms with Crippen molar-refractivity contribution in [3.63, 3.8) is 0 Å². The third-order valence-electron chi connectivity index (χ3n) is 0.926. The van der Waals surface area contributed by atoms with Crippen molar-refractivity contribution in [2.45, 2.75) is 17.6 Å². The molecular formula is C3H3F6KO3S. The van der Waals surface area contributed by atoms with Crippen molar-refractivity contribution in [1.82, 2.24) is 0 Å². The Bertz CT molecular complexity index is 283. The predicted octanol–water partition coefficient (Wildman–Crippen LogP) is 0.719. The quantitative estimate of drug-likeness (QED) is 0.458. The van der Waals surface area contributed by atoms with E-state index in [-0.39, 0.29) is 51.4 Å². The van der Waals surface area contributed by atoms with Crippen molar-refractivity contribution in [1.29, 1.82) is 0 Å². The molecule has 0 saturated carbocycles. The minimum atomic E-state index is -6.41. The molecule has 1 atom stereocenters. The maximum atomic E-state index is 11.9. The normalized spacial score (nSPS) is 15.9. The van der Waals surface area contributed by atoms with Gasteiger partial charge >= 0.3 is 72.9 Å². The van der Waals surface area contributed by atoms with Gasteiger partial charge in [-0.25, -0.2) is 4.39 Å². The molecule has 0 aliphatic carbocycles. The Labute approximate surface area is 117 Å². The van der Waals surface area contributed by atoms with Crippen molar-refractivity contribution < 1.29 is 39.3 Å². The van der Waals surface area contributed by atoms with Gasteiger partial charge in [-0.1, -0.05) is 0 Å². The van der Waals surface area contributed by atoms with Gasteiger partial charge in [-0.05, 0) is 0 Å². The monoisotopic (exact) mass is 272 g/mol. The topological polar surface area (TPSA) is 54.4 Å². The third-order valence-corrected chi connectivity index (χ3v) is 1.82. The van der Waals surface area contributed by atoms with Crippen molar-refractivity contribution in [3.05, 3.63) is 0 Å². The Morgan fingerprint density at radius 3 is 1.43 bits per heavy atom. The van der Waals surface area contributed by atoms with E-state index in [1.165, 1.54) is 0 Å². The van der Waals surface area contributed by atoms with Gasteiger partial charge in [0.2, 0.25) is 0 Å². The van der Waals surface area contributed by atoms with Crippen LogP contribution in [0.2, 0.25) is 0 Å². The molecule has 0 bridgehead atoms. The minimum absolute atomic E-state index is 0. The van der Waals surface area contributed by atoms with Crippen LogP contribution in [0, 0.1) is 0 Å². The van der Waals surface area contributed by atoms with Gasteiger partial charge in [0.25, 0.3) is 6.17 Å². The van der Waals surface area contributed by atoms with Crippen LogP contribution in [-0.4, -0.2) is 82.0 Å². The van der Waals surface area contributed by atoms with E-state index in [1.807, 2.05) is 0 Å².